The maximum absolute atomic E-state index is 12.5. The van der Waals surface area contributed by atoms with Gasteiger partial charge in [0.05, 0.1) is 16.3 Å². The van der Waals surface area contributed by atoms with E-state index in [9.17, 15) is 9.59 Å². The first-order valence-electron chi connectivity index (χ1n) is 7.07. The van der Waals surface area contributed by atoms with Crippen molar-refractivity contribution < 1.29 is 14.3 Å². The molecule has 0 aliphatic rings. The third-order valence-corrected chi connectivity index (χ3v) is 3.71. The van der Waals surface area contributed by atoms with Crippen molar-refractivity contribution in [3.05, 3.63) is 58.1 Å². The predicted molar refractivity (Wildman–Crippen MR) is 95.0 cm³/mol. The summed E-state index contributed by atoms with van der Waals surface area (Å²) in [6, 6.07) is 11.4. The third-order valence-electron chi connectivity index (χ3n) is 3.16. The van der Waals surface area contributed by atoms with E-state index in [-0.39, 0.29) is 12.5 Å². The second-order valence-electron chi connectivity index (χ2n) is 5.15. The van der Waals surface area contributed by atoms with Crippen LogP contribution in [-0.2, 0) is 4.79 Å². The standard InChI is InChI=1S/C17H16Cl2N2O3/c1-21(2)16(22)10-24-15-6-4-3-5-12(15)17(23)20-14-8-7-11(18)9-13(14)19/h3-9H,10H2,1-2H3,(H,20,23). The highest BCUT2D eigenvalue weighted by Gasteiger charge is 2.15. The number of hydrogen-bond acceptors (Lipinski definition) is 3. The third kappa shape index (κ3) is 4.63. The molecule has 0 unspecified atom stereocenters. The molecule has 7 heteroatoms. The lowest BCUT2D eigenvalue weighted by Gasteiger charge is -2.14. The number of hydrogen-bond donors (Lipinski definition) is 1. The highest BCUT2D eigenvalue weighted by Crippen LogP contribution is 2.27. The Morgan fingerprint density at radius 3 is 2.50 bits per heavy atom. The van der Waals surface area contributed by atoms with Crippen LogP contribution in [0.1, 0.15) is 10.4 Å². The summed E-state index contributed by atoms with van der Waals surface area (Å²) < 4.78 is 5.46. The molecule has 0 aliphatic heterocycles. The van der Waals surface area contributed by atoms with Gasteiger partial charge in [0.2, 0.25) is 0 Å². The predicted octanol–water partition coefficient (Wildman–Crippen LogP) is 3.71. The number of likely N-dealkylation sites (N-methyl/N-ethyl adjacent to an activating group) is 1. The SMILES string of the molecule is CN(C)C(=O)COc1ccccc1C(=O)Nc1ccc(Cl)cc1Cl. The number of anilines is 1. The maximum atomic E-state index is 12.5. The summed E-state index contributed by atoms with van der Waals surface area (Å²) in [6.07, 6.45) is 0. The lowest BCUT2D eigenvalue weighted by atomic mass is 10.2. The molecule has 1 N–H and O–H groups in total. The molecule has 0 spiro atoms. The van der Waals surface area contributed by atoms with Crippen LogP contribution in [0.15, 0.2) is 42.5 Å². The van der Waals surface area contributed by atoms with Gasteiger partial charge in [-0.1, -0.05) is 35.3 Å². The van der Waals surface area contributed by atoms with E-state index in [1.54, 1.807) is 50.5 Å². The molecule has 2 rings (SSSR count). The number of ether oxygens (including phenoxy) is 1. The Kier molecular flexibility index (Phi) is 6.06. The molecule has 0 fully saturated rings. The molecule has 24 heavy (non-hydrogen) atoms. The van der Waals surface area contributed by atoms with Crippen LogP contribution in [0.4, 0.5) is 5.69 Å². The van der Waals surface area contributed by atoms with Crippen molar-refractivity contribution in [3.8, 4) is 5.75 Å². The second kappa shape index (κ2) is 8.04. The first kappa shape index (κ1) is 18.1. The zero-order valence-electron chi connectivity index (χ0n) is 13.2. The van der Waals surface area contributed by atoms with Gasteiger partial charge in [0.15, 0.2) is 6.61 Å². The van der Waals surface area contributed by atoms with Crippen LogP contribution in [0.5, 0.6) is 5.75 Å². The molecule has 0 bridgehead atoms. The highest BCUT2D eigenvalue weighted by atomic mass is 35.5. The summed E-state index contributed by atoms with van der Waals surface area (Å²) in [5, 5.41) is 3.51. The molecule has 0 saturated carbocycles. The summed E-state index contributed by atoms with van der Waals surface area (Å²) >= 11 is 11.9. The summed E-state index contributed by atoms with van der Waals surface area (Å²) in [4.78, 5) is 25.5. The number of nitrogens with zero attached hydrogens (tertiary/aromatic N) is 1. The fourth-order valence-corrected chi connectivity index (χ4v) is 2.28. The number of halogens is 2. The lowest BCUT2D eigenvalue weighted by Crippen LogP contribution is -2.28. The average molecular weight is 367 g/mol. The van der Waals surface area contributed by atoms with Crippen LogP contribution in [-0.4, -0.2) is 37.4 Å². The van der Waals surface area contributed by atoms with Crippen molar-refractivity contribution >= 4 is 40.7 Å². The number of rotatable bonds is 5. The first-order valence-corrected chi connectivity index (χ1v) is 7.82. The fourth-order valence-electron chi connectivity index (χ4n) is 1.83. The number of amides is 2. The Labute approximate surface area is 150 Å². The van der Waals surface area contributed by atoms with E-state index in [1.807, 2.05) is 0 Å². The van der Waals surface area contributed by atoms with Crippen molar-refractivity contribution in [2.75, 3.05) is 26.0 Å². The minimum Gasteiger partial charge on any atom is -0.483 e. The lowest BCUT2D eigenvalue weighted by molar-refractivity contribution is -0.130. The van der Waals surface area contributed by atoms with Crippen LogP contribution in [0.3, 0.4) is 0 Å². The van der Waals surface area contributed by atoms with Crippen molar-refractivity contribution in [2.24, 2.45) is 0 Å². The molecule has 0 aromatic heterocycles. The van der Waals surface area contributed by atoms with Crippen LogP contribution in [0, 0.1) is 0 Å². The van der Waals surface area contributed by atoms with Gasteiger partial charge in [-0.25, -0.2) is 0 Å². The van der Waals surface area contributed by atoms with Gasteiger partial charge in [0.1, 0.15) is 5.75 Å². The molecule has 0 saturated heterocycles. The topological polar surface area (TPSA) is 58.6 Å². The molecular formula is C17H16Cl2N2O3. The quantitative estimate of drug-likeness (QED) is 0.877. The Bertz CT molecular complexity index is 763. The Balaban J connectivity index is 2.16. The van der Waals surface area contributed by atoms with Crippen LogP contribution in [0.25, 0.3) is 0 Å². The summed E-state index contributed by atoms with van der Waals surface area (Å²) in [7, 11) is 3.26. The summed E-state index contributed by atoms with van der Waals surface area (Å²) in [5.74, 6) is -0.284. The van der Waals surface area contributed by atoms with Crippen molar-refractivity contribution in [1.29, 1.82) is 0 Å². The number of para-hydroxylation sites is 1. The van der Waals surface area contributed by atoms with Gasteiger partial charge < -0.3 is 15.0 Å². The minimum atomic E-state index is -0.396. The molecule has 5 nitrogen and oxygen atoms in total. The van der Waals surface area contributed by atoms with Crippen LogP contribution in [0.2, 0.25) is 10.0 Å². The molecule has 2 aromatic rings. The highest BCUT2D eigenvalue weighted by molar-refractivity contribution is 6.36. The first-order chi connectivity index (χ1) is 11.4. The molecule has 0 aliphatic carbocycles. The molecule has 0 heterocycles. The van der Waals surface area contributed by atoms with Crippen molar-refractivity contribution in [3.63, 3.8) is 0 Å². The number of nitrogens with one attached hydrogen (secondary N) is 1. The van der Waals surface area contributed by atoms with E-state index < -0.39 is 5.91 Å². The second-order valence-corrected chi connectivity index (χ2v) is 5.99. The van der Waals surface area contributed by atoms with Gasteiger partial charge in [0, 0.05) is 19.1 Å². The molecular weight excluding hydrogens is 351 g/mol. The normalized spacial score (nSPS) is 10.2. The summed E-state index contributed by atoms with van der Waals surface area (Å²) in [6.45, 7) is -0.154. The van der Waals surface area contributed by atoms with Crippen molar-refractivity contribution in [2.45, 2.75) is 0 Å². The van der Waals surface area contributed by atoms with Crippen LogP contribution >= 0.6 is 23.2 Å². The van der Waals surface area contributed by atoms with Gasteiger partial charge in [-0.05, 0) is 30.3 Å². The van der Waals surface area contributed by atoms with E-state index in [0.29, 0.717) is 27.0 Å². The molecule has 0 atom stereocenters. The maximum Gasteiger partial charge on any atom is 0.259 e. The van der Waals surface area contributed by atoms with Gasteiger partial charge in [-0.15, -0.1) is 0 Å². The van der Waals surface area contributed by atoms with Gasteiger partial charge in [0.25, 0.3) is 11.8 Å². The van der Waals surface area contributed by atoms with E-state index in [2.05, 4.69) is 5.32 Å². The zero-order chi connectivity index (χ0) is 17.7. The Hall–Kier alpha value is -2.24. The summed E-state index contributed by atoms with van der Waals surface area (Å²) in [5.41, 5.74) is 0.736. The fraction of sp³-hybridized carbons (Fsp3) is 0.176. The van der Waals surface area contributed by atoms with Gasteiger partial charge in [-0.3, -0.25) is 9.59 Å². The minimum absolute atomic E-state index is 0.154. The van der Waals surface area contributed by atoms with Gasteiger partial charge >= 0.3 is 0 Å². The van der Waals surface area contributed by atoms with E-state index in [4.69, 9.17) is 27.9 Å². The van der Waals surface area contributed by atoms with Gasteiger partial charge in [-0.2, -0.15) is 0 Å². The van der Waals surface area contributed by atoms with Crippen molar-refractivity contribution in [1.82, 2.24) is 4.90 Å². The van der Waals surface area contributed by atoms with E-state index in [1.165, 1.54) is 11.0 Å². The number of carbonyl (C=O) groups is 2. The monoisotopic (exact) mass is 366 g/mol. The Morgan fingerprint density at radius 2 is 1.83 bits per heavy atom. The molecule has 0 radical (unpaired) electrons. The largest absolute Gasteiger partial charge is 0.483 e. The molecule has 2 aromatic carbocycles. The zero-order valence-corrected chi connectivity index (χ0v) is 14.7. The van der Waals surface area contributed by atoms with Crippen LogP contribution < -0.4 is 10.1 Å². The molecule has 126 valence electrons. The molecule has 2 amide bonds. The number of benzene rings is 2. The van der Waals surface area contributed by atoms with E-state index in [0.717, 1.165) is 0 Å². The number of carbonyl (C=O) groups excluding carboxylic acids is 2. The van der Waals surface area contributed by atoms with E-state index >= 15 is 0 Å². The average Bonchev–Trinajstić information content (AvgIpc) is 2.55. The Morgan fingerprint density at radius 1 is 1.12 bits per heavy atom. The smallest absolute Gasteiger partial charge is 0.259 e.